The molecule has 0 fully saturated rings. The summed E-state index contributed by atoms with van der Waals surface area (Å²) in [4.78, 5) is 12.2. The Morgan fingerprint density at radius 3 is 2.84 bits per heavy atom. The van der Waals surface area contributed by atoms with Crippen molar-refractivity contribution in [2.24, 2.45) is 0 Å². The summed E-state index contributed by atoms with van der Waals surface area (Å²) in [5, 5.41) is 7.39. The summed E-state index contributed by atoms with van der Waals surface area (Å²) in [6, 6.07) is 7.08. The maximum atomic E-state index is 12.2. The lowest BCUT2D eigenvalue weighted by atomic mass is 10.2. The third-order valence-corrected chi connectivity index (χ3v) is 3.40. The predicted molar refractivity (Wildman–Crippen MR) is 79.7 cm³/mol. The normalized spacial score (nSPS) is 10.8. The SMILES string of the molecule is CC(C)n1nccc1NC(=O)c1cc(Br)ccc1Cl. The van der Waals surface area contributed by atoms with E-state index < -0.39 is 0 Å². The van der Waals surface area contributed by atoms with Gasteiger partial charge in [0.1, 0.15) is 5.82 Å². The van der Waals surface area contributed by atoms with Gasteiger partial charge in [-0.25, -0.2) is 4.68 Å². The molecule has 0 aliphatic carbocycles. The number of carbonyl (C=O) groups is 1. The number of hydrogen-bond donors (Lipinski definition) is 1. The van der Waals surface area contributed by atoms with E-state index in [0.29, 0.717) is 16.4 Å². The first kappa shape index (κ1) is 14.1. The zero-order valence-electron chi connectivity index (χ0n) is 10.5. The van der Waals surface area contributed by atoms with Gasteiger partial charge in [-0.1, -0.05) is 27.5 Å². The number of rotatable bonds is 3. The van der Waals surface area contributed by atoms with Crippen LogP contribution in [-0.2, 0) is 0 Å². The van der Waals surface area contributed by atoms with Gasteiger partial charge in [0.2, 0.25) is 0 Å². The Kier molecular flexibility index (Phi) is 4.27. The molecular formula is C13H13BrClN3O. The Balaban J connectivity index is 2.26. The quantitative estimate of drug-likeness (QED) is 0.911. The highest BCUT2D eigenvalue weighted by atomic mass is 79.9. The van der Waals surface area contributed by atoms with E-state index in [0.717, 1.165) is 4.47 Å². The standard InChI is InChI=1S/C13H13BrClN3O/c1-8(2)18-12(5-6-16-18)17-13(19)10-7-9(14)3-4-11(10)15/h3-8H,1-2H3,(H,17,19). The van der Waals surface area contributed by atoms with Crippen molar-refractivity contribution in [2.75, 3.05) is 5.32 Å². The van der Waals surface area contributed by atoms with Gasteiger partial charge in [0, 0.05) is 16.6 Å². The first-order chi connectivity index (χ1) is 8.99. The van der Waals surface area contributed by atoms with Crippen molar-refractivity contribution in [3.8, 4) is 0 Å². The van der Waals surface area contributed by atoms with Crippen molar-refractivity contribution in [1.29, 1.82) is 0 Å². The van der Waals surface area contributed by atoms with Gasteiger partial charge in [-0.3, -0.25) is 4.79 Å². The van der Waals surface area contributed by atoms with E-state index in [-0.39, 0.29) is 11.9 Å². The van der Waals surface area contributed by atoms with Crippen LogP contribution in [0.5, 0.6) is 0 Å². The first-order valence-corrected chi connectivity index (χ1v) is 6.96. The lowest BCUT2D eigenvalue weighted by Gasteiger charge is -2.12. The predicted octanol–water partition coefficient (Wildman–Crippen LogP) is 4.13. The average molecular weight is 343 g/mol. The second-order valence-electron chi connectivity index (χ2n) is 4.33. The maximum absolute atomic E-state index is 12.2. The third kappa shape index (κ3) is 3.16. The van der Waals surface area contributed by atoms with Gasteiger partial charge in [0.15, 0.2) is 0 Å². The van der Waals surface area contributed by atoms with Gasteiger partial charge in [-0.15, -0.1) is 0 Å². The van der Waals surface area contributed by atoms with Crippen LogP contribution in [0, 0.1) is 0 Å². The molecule has 19 heavy (non-hydrogen) atoms. The Morgan fingerprint density at radius 2 is 2.16 bits per heavy atom. The van der Waals surface area contributed by atoms with E-state index in [4.69, 9.17) is 11.6 Å². The molecular weight excluding hydrogens is 330 g/mol. The summed E-state index contributed by atoms with van der Waals surface area (Å²) in [7, 11) is 0. The molecule has 0 radical (unpaired) electrons. The van der Waals surface area contributed by atoms with E-state index in [1.165, 1.54) is 0 Å². The largest absolute Gasteiger partial charge is 0.307 e. The minimum absolute atomic E-state index is 0.170. The number of halogens is 2. The molecule has 1 heterocycles. The molecule has 1 N–H and O–H groups in total. The second kappa shape index (κ2) is 5.75. The molecule has 0 aliphatic heterocycles. The molecule has 0 bridgehead atoms. The van der Waals surface area contributed by atoms with Crippen LogP contribution in [0.1, 0.15) is 30.2 Å². The molecule has 100 valence electrons. The zero-order chi connectivity index (χ0) is 14.0. The molecule has 1 amide bonds. The molecule has 6 heteroatoms. The minimum Gasteiger partial charge on any atom is -0.307 e. The molecule has 2 rings (SSSR count). The number of nitrogens with zero attached hydrogens (tertiary/aromatic N) is 2. The van der Waals surface area contributed by atoms with E-state index in [2.05, 4.69) is 26.3 Å². The smallest absolute Gasteiger partial charge is 0.258 e. The number of carbonyl (C=O) groups excluding carboxylic acids is 1. The summed E-state index contributed by atoms with van der Waals surface area (Å²) in [6.07, 6.45) is 1.65. The summed E-state index contributed by atoms with van der Waals surface area (Å²) in [5.41, 5.74) is 0.424. The van der Waals surface area contributed by atoms with E-state index in [1.54, 1.807) is 35.1 Å². The molecule has 0 saturated carbocycles. The second-order valence-corrected chi connectivity index (χ2v) is 5.66. The fraction of sp³-hybridized carbons (Fsp3) is 0.231. The molecule has 0 saturated heterocycles. The highest BCUT2D eigenvalue weighted by molar-refractivity contribution is 9.10. The summed E-state index contributed by atoms with van der Waals surface area (Å²) in [5.74, 6) is 0.393. The fourth-order valence-electron chi connectivity index (χ4n) is 1.68. The number of amides is 1. The van der Waals surface area contributed by atoms with Crippen LogP contribution in [0.2, 0.25) is 5.02 Å². The van der Waals surface area contributed by atoms with Crippen LogP contribution in [0.4, 0.5) is 5.82 Å². The van der Waals surface area contributed by atoms with E-state index >= 15 is 0 Å². The average Bonchev–Trinajstić information content (AvgIpc) is 2.80. The van der Waals surface area contributed by atoms with Crippen molar-refractivity contribution in [3.05, 3.63) is 45.5 Å². The lowest BCUT2D eigenvalue weighted by molar-refractivity contribution is 0.102. The first-order valence-electron chi connectivity index (χ1n) is 5.79. The van der Waals surface area contributed by atoms with Crippen LogP contribution in [0.25, 0.3) is 0 Å². The number of anilines is 1. The number of hydrogen-bond acceptors (Lipinski definition) is 2. The molecule has 2 aromatic rings. The van der Waals surface area contributed by atoms with Gasteiger partial charge in [0.05, 0.1) is 16.8 Å². The van der Waals surface area contributed by atoms with Gasteiger partial charge < -0.3 is 5.32 Å². The molecule has 0 spiro atoms. The van der Waals surface area contributed by atoms with Crippen LogP contribution < -0.4 is 5.32 Å². The van der Waals surface area contributed by atoms with Crippen LogP contribution in [0.3, 0.4) is 0 Å². The zero-order valence-corrected chi connectivity index (χ0v) is 12.9. The Morgan fingerprint density at radius 1 is 1.42 bits per heavy atom. The molecule has 1 aromatic heterocycles. The molecule has 0 aliphatic rings. The van der Waals surface area contributed by atoms with Gasteiger partial charge >= 0.3 is 0 Å². The summed E-state index contributed by atoms with van der Waals surface area (Å²) in [6.45, 7) is 3.99. The highest BCUT2D eigenvalue weighted by Crippen LogP contribution is 2.22. The third-order valence-electron chi connectivity index (χ3n) is 2.57. The van der Waals surface area contributed by atoms with Crippen molar-refractivity contribution >= 4 is 39.3 Å². The number of nitrogens with one attached hydrogen (secondary N) is 1. The minimum atomic E-state index is -0.256. The fourth-order valence-corrected chi connectivity index (χ4v) is 2.24. The monoisotopic (exact) mass is 341 g/mol. The Bertz CT molecular complexity index is 610. The maximum Gasteiger partial charge on any atom is 0.258 e. The van der Waals surface area contributed by atoms with Crippen LogP contribution in [0.15, 0.2) is 34.9 Å². The topological polar surface area (TPSA) is 46.9 Å². The van der Waals surface area contributed by atoms with Gasteiger partial charge in [-0.05, 0) is 32.0 Å². The Hall–Kier alpha value is -1.33. The molecule has 0 atom stereocenters. The highest BCUT2D eigenvalue weighted by Gasteiger charge is 2.14. The van der Waals surface area contributed by atoms with Crippen LogP contribution >= 0.6 is 27.5 Å². The summed E-state index contributed by atoms with van der Waals surface area (Å²) < 4.78 is 2.54. The van der Waals surface area contributed by atoms with E-state index in [9.17, 15) is 4.79 Å². The van der Waals surface area contributed by atoms with Gasteiger partial charge in [-0.2, -0.15) is 5.10 Å². The Labute approximate surface area is 124 Å². The summed E-state index contributed by atoms with van der Waals surface area (Å²) >= 11 is 9.35. The lowest BCUT2D eigenvalue weighted by Crippen LogP contribution is -2.17. The number of aromatic nitrogens is 2. The van der Waals surface area contributed by atoms with Crippen molar-refractivity contribution in [1.82, 2.24) is 9.78 Å². The molecule has 4 nitrogen and oxygen atoms in total. The van der Waals surface area contributed by atoms with Crippen LogP contribution in [-0.4, -0.2) is 15.7 Å². The number of benzene rings is 1. The molecule has 0 unspecified atom stereocenters. The van der Waals surface area contributed by atoms with Crippen molar-refractivity contribution in [3.63, 3.8) is 0 Å². The molecule has 1 aromatic carbocycles. The van der Waals surface area contributed by atoms with Crippen molar-refractivity contribution < 1.29 is 4.79 Å². The van der Waals surface area contributed by atoms with E-state index in [1.807, 2.05) is 13.8 Å². The van der Waals surface area contributed by atoms with Gasteiger partial charge in [0.25, 0.3) is 5.91 Å². The van der Waals surface area contributed by atoms with Crippen molar-refractivity contribution in [2.45, 2.75) is 19.9 Å².